The van der Waals surface area contributed by atoms with E-state index in [1.807, 2.05) is 5.38 Å². The molecule has 84 valence electrons. The summed E-state index contributed by atoms with van der Waals surface area (Å²) in [5.41, 5.74) is -0.433. The predicted octanol–water partition coefficient (Wildman–Crippen LogP) is 2.87. The Labute approximate surface area is 106 Å². The lowest BCUT2D eigenvalue weighted by Gasteiger charge is -2.21. The van der Waals surface area contributed by atoms with Gasteiger partial charge in [0.05, 0.1) is 0 Å². The fourth-order valence-corrected chi connectivity index (χ4v) is 2.72. The van der Waals surface area contributed by atoms with Crippen molar-refractivity contribution in [1.29, 1.82) is 0 Å². The number of aromatic hydroxyl groups is 1. The van der Waals surface area contributed by atoms with Crippen LogP contribution < -0.4 is 0 Å². The van der Waals surface area contributed by atoms with Crippen molar-refractivity contribution < 1.29 is 10.2 Å². The number of benzene rings is 1. The Morgan fingerprint density at radius 1 is 1.31 bits per heavy atom. The van der Waals surface area contributed by atoms with Crippen LogP contribution in [0.1, 0.15) is 17.5 Å². The SMILES string of the molecule is CC(O)(c1ccc(O)cc1)c1nc(Br)cs1. The smallest absolute Gasteiger partial charge is 0.138 e. The molecule has 1 unspecified atom stereocenters. The average Bonchev–Trinajstić information content (AvgIpc) is 2.66. The van der Waals surface area contributed by atoms with Gasteiger partial charge in [0, 0.05) is 5.38 Å². The molecule has 0 saturated carbocycles. The molecule has 3 nitrogen and oxygen atoms in total. The van der Waals surface area contributed by atoms with Crippen molar-refractivity contribution in [3.63, 3.8) is 0 Å². The first-order chi connectivity index (χ1) is 7.50. The van der Waals surface area contributed by atoms with Gasteiger partial charge in [-0.1, -0.05) is 12.1 Å². The van der Waals surface area contributed by atoms with Crippen LogP contribution in [0.4, 0.5) is 0 Å². The van der Waals surface area contributed by atoms with Gasteiger partial charge in [0.1, 0.15) is 21.0 Å². The zero-order valence-electron chi connectivity index (χ0n) is 8.51. The van der Waals surface area contributed by atoms with Crippen LogP contribution in [0.15, 0.2) is 34.2 Å². The number of aliphatic hydroxyl groups is 1. The molecule has 1 aromatic carbocycles. The van der Waals surface area contributed by atoms with E-state index in [-0.39, 0.29) is 5.75 Å². The van der Waals surface area contributed by atoms with E-state index >= 15 is 0 Å². The highest BCUT2D eigenvalue weighted by molar-refractivity contribution is 9.10. The van der Waals surface area contributed by atoms with Crippen molar-refractivity contribution >= 4 is 27.3 Å². The minimum Gasteiger partial charge on any atom is -0.508 e. The molecule has 1 heterocycles. The highest BCUT2D eigenvalue weighted by Crippen LogP contribution is 2.33. The molecule has 0 aliphatic heterocycles. The Kier molecular flexibility index (Phi) is 3.01. The third-order valence-corrected chi connectivity index (χ3v) is 4.08. The van der Waals surface area contributed by atoms with E-state index in [9.17, 15) is 10.2 Å². The highest BCUT2D eigenvalue weighted by Gasteiger charge is 2.28. The minimum atomic E-state index is -1.13. The largest absolute Gasteiger partial charge is 0.508 e. The number of aromatic nitrogens is 1. The molecule has 0 amide bonds. The number of hydrogen-bond acceptors (Lipinski definition) is 4. The van der Waals surface area contributed by atoms with Crippen molar-refractivity contribution in [3.8, 4) is 5.75 Å². The third kappa shape index (κ3) is 2.11. The van der Waals surface area contributed by atoms with Gasteiger partial charge in [0.2, 0.25) is 0 Å². The van der Waals surface area contributed by atoms with Crippen LogP contribution in [0.2, 0.25) is 0 Å². The van der Waals surface area contributed by atoms with E-state index in [1.54, 1.807) is 31.2 Å². The van der Waals surface area contributed by atoms with Gasteiger partial charge in [-0.2, -0.15) is 0 Å². The van der Waals surface area contributed by atoms with E-state index in [0.717, 1.165) is 0 Å². The molecule has 0 fully saturated rings. The standard InChI is InChI=1S/C11H10BrNO2S/c1-11(15,10-13-9(12)6-16-10)7-2-4-8(14)5-3-7/h2-6,14-15H,1H3. The molecule has 2 N–H and O–H groups in total. The monoisotopic (exact) mass is 299 g/mol. The lowest BCUT2D eigenvalue weighted by atomic mass is 9.97. The van der Waals surface area contributed by atoms with Crippen LogP contribution in [-0.2, 0) is 5.60 Å². The van der Waals surface area contributed by atoms with Gasteiger partial charge in [-0.05, 0) is 40.5 Å². The quantitative estimate of drug-likeness (QED) is 0.896. The first-order valence-corrected chi connectivity index (χ1v) is 6.31. The van der Waals surface area contributed by atoms with Gasteiger partial charge in [0.15, 0.2) is 0 Å². The first-order valence-electron chi connectivity index (χ1n) is 4.63. The molecule has 0 radical (unpaired) electrons. The molecule has 1 aromatic heterocycles. The van der Waals surface area contributed by atoms with Gasteiger partial charge in [0.25, 0.3) is 0 Å². The number of halogens is 1. The van der Waals surface area contributed by atoms with E-state index < -0.39 is 5.60 Å². The Bertz CT molecular complexity index is 493. The van der Waals surface area contributed by atoms with Gasteiger partial charge in [-0.15, -0.1) is 11.3 Å². The molecule has 2 aromatic rings. The number of rotatable bonds is 2. The molecule has 5 heteroatoms. The second kappa shape index (κ2) is 4.16. The van der Waals surface area contributed by atoms with Gasteiger partial charge >= 0.3 is 0 Å². The van der Waals surface area contributed by atoms with E-state index in [4.69, 9.17) is 0 Å². The number of hydrogen-bond donors (Lipinski definition) is 2. The summed E-state index contributed by atoms with van der Waals surface area (Å²) >= 11 is 4.64. The summed E-state index contributed by atoms with van der Waals surface area (Å²) in [4.78, 5) is 4.20. The van der Waals surface area contributed by atoms with Crippen LogP contribution in [0.3, 0.4) is 0 Å². The number of thiazole rings is 1. The maximum absolute atomic E-state index is 10.4. The van der Waals surface area contributed by atoms with Gasteiger partial charge < -0.3 is 10.2 Å². The van der Waals surface area contributed by atoms with Crippen molar-refractivity contribution in [3.05, 3.63) is 44.8 Å². The van der Waals surface area contributed by atoms with E-state index in [0.29, 0.717) is 15.2 Å². The summed E-state index contributed by atoms with van der Waals surface area (Å²) in [6.45, 7) is 1.69. The summed E-state index contributed by atoms with van der Waals surface area (Å²) in [7, 11) is 0. The van der Waals surface area contributed by atoms with Crippen molar-refractivity contribution in [2.24, 2.45) is 0 Å². The zero-order valence-corrected chi connectivity index (χ0v) is 10.9. The Morgan fingerprint density at radius 2 is 1.94 bits per heavy atom. The second-order valence-corrected chi connectivity index (χ2v) is 5.27. The minimum absolute atomic E-state index is 0.180. The molecule has 1 atom stereocenters. The van der Waals surface area contributed by atoms with Crippen LogP contribution in [0.25, 0.3) is 0 Å². The zero-order chi connectivity index (χ0) is 11.8. The number of nitrogens with zero attached hydrogens (tertiary/aromatic N) is 1. The van der Waals surface area contributed by atoms with Crippen molar-refractivity contribution in [2.45, 2.75) is 12.5 Å². The van der Waals surface area contributed by atoms with Gasteiger partial charge in [-0.3, -0.25) is 0 Å². The summed E-state index contributed by atoms with van der Waals surface area (Å²) in [5.74, 6) is 0.180. The van der Waals surface area contributed by atoms with E-state index in [1.165, 1.54) is 11.3 Å². The van der Waals surface area contributed by atoms with Crippen LogP contribution in [-0.4, -0.2) is 15.2 Å². The molecule has 2 rings (SSSR count). The molecule has 0 aliphatic rings. The topological polar surface area (TPSA) is 53.4 Å². The number of phenols is 1. The number of phenolic OH excluding ortho intramolecular Hbond substituents is 1. The molecule has 0 saturated heterocycles. The molecule has 0 bridgehead atoms. The molecular weight excluding hydrogens is 290 g/mol. The van der Waals surface area contributed by atoms with Crippen LogP contribution in [0, 0.1) is 0 Å². The second-order valence-electron chi connectivity index (χ2n) is 3.59. The van der Waals surface area contributed by atoms with Crippen molar-refractivity contribution in [2.75, 3.05) is 0 Å². The van der Waals surface area contributed by atoms with Gasteiger partial charge in [-0.25, -0.2) is 4.98 Å². The van der Waals surface area contributed by atoms with E-state index in [2.05, 4.69) is 20.9 Å². The summed E-state index contributed by atoms with van der Waals surface area (Å²) in [6.07, 6.45) is 0. The third-order valence-electron chi connectivity index (χ3n) is 2.32. The van der Waals surface area contributed by atoms with Crippen LogP contribution >= 0.6 is 27.3 Å². The Morgan fingerprint density at radius 3 is 2.44 bits per heavy atom. The normalized spacial score (nSPS) is 14.7. The van der Waals surface area contributed by atoms with Crippen LogP contribution in [0.5, 0.6) is 5.75 Å². The lowest BCUT2D eigenvalue weighted by molar-refractivity contribution is 0.102. The highest BCUT2D eigenvalue weighted by atomic mass is 79.9. The Balaban J connectivity index is 2.42. The maximum atomic E-state index is 10.4. The fraction of sp³-hybridized carbons (Fsp3) is 0.182. The summed E-state index contributed by atoms with van der Waals surface area (Å²) in [6, 6.07) is 6.47. The predicted molar refractivity (Wildman–Crippen MR) is 66.6 cm³/mol. The molecular formula is C11H10BrNO2S. The fourth-order valence-electron chi connectivity index (χ4n) is 1.39. The molecule has 0 spiro atoms. The molecule has 0 aliphatic carbocycles. The Hall–Kier alpha value is -0.910. The summed E-state index contributed by atoms with van der Waals surface area (Å²) < 4.78 is 0.714. The summed E-state index contributed by atoms with van der Waals surface area (Å²) in [5, 5.41) is 22.0. The van der Waals surface area contributed by atoms with Crippen molar-refractivity contribution in [1.82, 2.24) is 4.98 Å². The average molecular weight is 300 g/mol. The lowest BCUT2D eigenvalue weighted by Crippen LogP contribution is -2.22. The first kappa shape index (κ1) is 11.6. The molecule has 16 heavy (non-hydrogen) atoms. The maximum Gasteiger partial charge on any atom is 0.138 e.